The predicted octanol–water partition coefficient (Wildman–Crippen LogP) is 12.3. The minimum atomic E-state index is -4.50. The number of benzene rings is 8. The molecule has 0 spiro atoms. The van der Waals surface area contributed by atoms with E-state index < -0.39 is 43.5 Å². The minimum absolute atomic E-state index is 0. The van der Waals surface area contributed by atoms with Crippen molar-refractivity contribution in [1.82, 2.24) is 0 Å². The van der Waals surface area contributed by atoms with Gasteiger partial charge in [0.05, 0.1) is 50.0 Å². The van der Waals surface area contributed by atoms with Gasteiger partial charge in [0, 0.05) is 10.8 Å². The molecule has 0 saturated heterocycles. The van der Waals surface area contributed by atoms with E-state index in [1.54, 1.807) is 124 Å². The summed E-state index contributed by atoms with van der Waals surface area (Å²) in [5.41, 5.74) is 1.19. The van der Waals surface area contributed by atoms with Crippen molar-refractivity contribution < 1.29 is 55.5 Å². The average Bonchev–Trinajstić information content (AvgIpc) is 3.39. The van der Waals surface area contributed by atoms with Gasteiger partial charge >= 0.3 is 48.9 Å². The molecule has 392 valence electrons. The molecule has 0 aromatic heterocycles. The summed E-state index contributed by atoms with van der Waals surface area (Å²) in [5.74, 6) is -1.55. The number of aliphatic imine (C=N–C) groups is 1. The zero-order valence-corrected chi connectivity index (χ0v) is 49.1. The molecule has 0 aliphatic rings. The molecule has 0 bridgehead atoms. The smallest absolute Gasteiger partial charge is 0.871 e. The van der Waals surface area contributed by atoms with E-state index in [0.29, 0.717) is 57.5 Å². The topological polar surface area (TPSA) is 284 Å². The number of rotatable bonds is 16. The maximum atomic E-state index is 13.4. The van der Waals surface area contributed by atoms with Gasteiger partial charge in [-0.05, 0) is 121 Å². The molecule has 1 amide bonds. The van der Waals surface area contributed by atoms with Crippen LogP contribution >= 0.6 is 23.2 Å². The third kappa shape index (κ3) is 14.2. The summed E-state index contributed by atoms with van der Waals surface area (Å²) in [6, 6.07) is 35.5. The van der Waals surface area contributed by atoms with E-state index in [-0.39, 0.29) is 127 Å². The van der Waals surface area contributed by atoms with Crippen LogP contribution in [0, 0.1) is 0 Å². The molecular weight excluding hydrogens is 1200 g/mol. The maximum absolute atomic E-state index is 13.4. The Bertz CT molecular complexity index is 3860. The van der Waals surface area contributed by atoms with E-state index >= 15 is 0 Å². The molecule has 8 aromatic carbocycles. The Labute approximate surface area is 493 Å². The number of hydrogen-bond donors (Lipinski definition) is 4. The van der Waals surface area contributed by atoms with Crippen molar-refractivity contribution >= 4 is 160 Å². The Balaban J connectivity index is 0.000000246. The van der Waals surface area contributed by atoms with Crippen molar-refractivity contribution in [3.8, 4) is 23.0 Å². The Morgan fingerprint density at radius 1 is 0.597 bits per heavy atom. The first-order valence-corrected chi connectivity index (χ1v) is 26.8. The zero-order valence-electron chi connectivity index (χ0n) is 41.6. The van der Waals surface area contributed by atoms with Crippen LogP contribution in [0.3, 0.4) is 0 Å². The third-order valence-electron chi connectivity index (χ3n) is 11.4. The molecule has 4 N–H and O–H groups in total. The van der Waals surface area contributed by atoms with Gasteiger partial charge in [-0.2, -0.15) is 21.9 Å². The van der Waals surface area contributed by atoms with Crippen LogP contribution in [0.5, 0.6) is 23.0 Å². The Kier molecular flexibility index (Phi) is 20.4. The number of phenolic OH excluding ortho intramolecular Hbond substituents is 1. The standard InChI is InChI=1S/2C27H24ClN3O6S.Ba/c2*1-3-16-14-22(20(28)15-24(16)38(34,35)36)30-31-25-18-10-6-5-9-17(18)13-19(26(25)32)27(33)29-21-11-7-8-12-23(21)37-4-2;/h2*5-15,32H,3-4H2,1-2H3,(H,29,33)(H,34,35,36);/q;;+2/p-2. The molecule has 0 saturated carbocycles. The van der Waals surface area contributed by atoms with Crippen molar-refractivity contribution in [3.05, 3.63) is 166 Å². The second-order valence-corrected chi connectivity index (χ2v) is 19.8. The van der Waals surface area contributed by atoms with Crippen molar-refractivity contribution in [1.29, 1.82) is 0 Å². The molecule has 0 aliphatic heterocycles. The number of nitrogens with one attached hydrogen (secondary N) is 1. The Morgan fingerprint density at radius 2 is 1.05 bits per heavy atom. The van der Waals surface area contributed by atoms with Crippen molar-refractivity contribution in [2.45, 2.75) is 50.3 Å². The van der Waals surface area contributed by atoms with Gasteiger partial charge in [-0.1, -0.05) is 116 Å². The summed E-state index contributed by atoms with van der Waals surface area (Å²) in [6.07, 6.45) is 0.543. The van der Waals surface area contributed by atoms with Gasteiger partial charge in [0.25, 0.3) is 26.1 Å². The first kappa shape index (κ1) is 59.8. The molecule has 0 radical (unpaired) electrons. The second kappa shape index (κ2) is 26.3. The summed E-state index contributed by atoms with van der Waals surface area (Å²) in [7, 11) is -8.98. The summed E-state index contributed by atoms with van der Waals surface area (Å²) in [6.45, 7) is 7.83. The number of halogens is 2. The van der Waals surface area contributed by atoms with Crippen LogP contribution in [0.25, 0.3) is 21.5 Å². The summed E-state index contributed by atoms with van der Waals surface area (Å²) < 4.78 is 76.8. The van der Waals surface area contributed by atoms with E-state index in [1.807, 2.05) is 6.92 Å². The number of nitrogens with zero attached hydrogens (tertiary/aromatic N) is 5. The molecule has 0 heterocycles. The Morgan fingerprint density at radius 3 is 1.58 bits per heavy atom. The number of azo groups is 2. The minimum Gasteiger partial charge on any atom is -0.871 e. The quantitative estimate of drug-likeness (QED) is 0.0231. The zero-order chi connectivity index (χ0) is 54.9. The molecule has 0 atom stereocenters. The first-order valence-electron chi connectivity index (χ1n) is 23.2. The van der Waals surface area contributed by atoms with E-state index in [9.17, 15) is 46.1 Å². The van der Waals surface area contributed by atoms with E-state index in [4.69, 9.17) is 32.7 Å². The van der Waals surface area contributed by atoms with Gasteiger partial charge in [-0.15, -0.1) is 15.3 Å². The van der Waals surface area contributed by atoms with Crippen LogP contribution in [0.15, 0.2) is 169 Å². The third-order valence-corrected chi connectivity index (χ3v) is 13.8. The number of fused-ring (bicyclic) bond motifs is 2. The first-order chi connectivity index (χ1) is 36.3. The molecule has 0 aliphatic carbocycles. The number of para-hydroxylation sites is 4. The van der Waals surface area contributed by atoms with Crippen LogP contribution in [0.2, 0.25) is 10.0 Å². The van der Waals surface area contributed by atoms with Gasteiger partial charge in [0.1, 0.15) is 34.2 Å². The number of hydrogen-bond acceptors (Lipinski definition) is 15. The maximum Gasteiger partial charge on any atom is 2.00 e. The molecular formula is C54H46BaCl2N6O12S2. The molecule has 8 aromatic rings. The predicted molar refractivity (Wildman–Crippen MR) is 294 cm³/mol. The van der Waals surface area contributed by atoms with Crippen LogP contribution in [0.1, 0.15) is 54.7 Å². The SMILES string of the molecule is CCOc1ccccc1N=C([O-])c1cc2ccccc2c(N=Nc2cc(CC)c(S(=O)(=O)O)cc2Cl)c1[O-].CCOc1ccccc1NC(=O)c1cc2ccccc2c(N=Nc2cc(CC)c(S(=O)(=O)O)cc2Cl)c1O.[Ba+2]. The van der Waals surface area contributed by atoms with Crippen LogP contribution in [0.4, 0.5) is 34.1 Å². The summed E-state index contributed by atoms with van der Waals surface area (Å²) in [4.78, 5) is 16.7. The van der Waals surface area contributed by atoms with Crippen molar-refractivity contribution in [2.75, 3.05) is 18.5 Å². The molecule has 8 rings (SSSR count). The van der Waals surface area contributed by atoms with E-state index in [2.05, 4.69) is 30.8 Å². The van der Waals surface area contributed by atoms with Gasteiger partial charge in [0.2, 0.25) is 0 Å². The Hall–Kier alpha value is -6.41. The molecule has 18 nitrogen and oxygen atoms in total. The van der Waals surface area contributed by atoms with Crippen LogP contribution < -0.4 is 25.0 Å². The van der Waals surface area contributed by atoms with Gasteiger partial charge in [-0.25, -0.2) is 0 Å². The fraction of sp³-hybridized carbons (Fsp3) is 0.148. The fourth-order valence-electron chi connectivity index (χ4n) is 7.76. The molecule has 23 heteroatoms. The number of amides is 1. The largest absolute Gasteiger partial charge is 2.00 e. The number of carbonyl (C=O) groups excluding carboxylic acids is 1. The number of ether oxygens (including phenoxy) is 2. The van der Waals surface area contributed by atoms with Gasteiger partial charge in [-0.3, -0.25) is 18.9 Å². The second-order valence-electron chi connectivity index (χ2n) is 16.2. The average molecular weight is 1240 g/mol. The number of anilines is 1. The van der Waals surface area contributed by atoms with Gasteiger partial charge in [0.15, 0.2) is 5.75 Å². The normalized spacial score (nSPS) is 11.9. The van der Waals surface area contributed by atoms with E-state index in [0.717, 1.165) is 12.1 Å². The van der Waals surface area contributed by atoms with Crippen molar-refractivity contribution in [2.24, 2.45) is 25.4 Å². The number of aromatic hydroxyl groups is 1. The summed E-state index contributed by atoms with van der Waals surface area (Å²) in [5, 5.41) is 59.0. The van der Waals surface area contributed by atoms with E-state index in [1.165, 1.54) is 18.2 Å². The van der Waals surface area contributed by atoms with Crippen LogP contribution in [-0.4, -0.2) is 105 Å². The monoisotopic (exact) mass is 1240 g/mol. The molecule has 0 fully saturated rings. The van der Waals surface area contributed by atoms with Crippen molar-refractivity contribution in [3.63, 3.8) is 0 Å². The fourth-order valence-corrected chi connectivity index (χ4v) is 9.90. The summed E-state index contributed by atoms with van der Waals surface area (Å²) >= 11 is 12.4. The number of aryl methyl sites for hydroxylation is 2. The van der Waals surface area contributed by atoms with Gasteiger partial charge < -0.3 is 30.1 Å². The molecule has 77 heavy (non-hydrogen) atoms. The van der Waals surface area contributed by atoms with Crippen LogP contribution in [-0.2, 0) is 33.1 Å². The number of carbonyl (C=O) groups is 1. The molecule has 0 unspecified atom stereocenters. The number of phenols is 1.